The molecular formula is C20H22BrClN4O. The van der Waals surface area contributed by atoms with E-state index in [0.717, 1.165) is 33.3 Å². The lowest BCUT2D eigenvalue weighted by Crippen LogP contribution is -2.31. The molecule has 0 aliphatic heterocycles. The molecule has 3 rings (SSSR count). The molecule has 5 nitrogen and oxygen atoms in total. The Morgan fingerprint density at radius 2 is 1.93 bits per heavy atom. The molecule has 1 amide bonds. The van der Waals surface area contributed by atoms with Gasteiger partial charge >= 0.3 is 0 Å². The van der Waals surface area contributed by atoms with Crippen LogP contribution in [-0.2, 0) is 6.54 Å². The van der Waals surface area contributed by atoms with E-state index in [1.165, 1.54) is 0 Å². The van der Waals surface area contributed by atoms with Gasteiger partial charge in [0, 0.05) is 44.9 Å². The number of nitrogens with zero attached hydrogens (tertiary/aromatic N) is 1. The molecule has 3 N–H and O–H groups in total. The van der Waals surface area contributed by atoms with Gasteiger partial charge < -0.3 is 20.5 Å². The van der Waals surface area contributed by atoms with Crippen molar-refractivity contribution in [3.8, 4) is 0 Å². The molecular weight excluding hydrogens is 428 g/mol. The lowest BCUT2D eigenvalue weighted by atomic mass is 10.1. The second-order valence-corrected chi connectivity index (χ2v) is 7.94. The van der Waals surface area contributed by atoms with Gasteiger partial charge in [-0.3, -0.25) is 4.79 Å². The van der Waals surface area contributed by atoms with Crippen molar-refractivity contribution in [3.05, 3.63) is 63.2 Å². The molecule has 0 unspecified atom stereocenters. The lowest BCUT2D eigenvalue weighted by Gasteiger charge is -2.12. The monoisotopic (exact) mass is 448 g/mol. The highest BCUT2D eigenvalue weighted by atomic mass is 79.9. The molecule has 0 aliphatic rings. The fourth-order valence-electron chi connectivity index (χ4n) is 2.86. The van der Waals surface area contributed by atoms with Crippen molar-refractivity contribution < 1.29 is 4.79 Å². The highest BCUT2D eigenvalue weighted by Gasteiger charge is 2.18. The minimum Gasteiger partial charge on any atom is -0.379 e. The van der Waals surface area contributed by atoms with Crippen LogP contribution >= 0.6 is 27.5 Å². The van der Waals surface area contributed by atoms with Gasteiger partial charge in [0.25, 0.3) is 5.91 Å². The number of carbonyl (C=O) groups excluding carboxylic acids is 1. The van der Waals surface area contributed by atoms with Crippen LogP contribution in [0.1, 0.15) is 16.1 Å². The van der Waals surface area contributed by atoms with E-state index in [9.17, 15) is 4.79 Å². The highest BCUT2D eigenvalue weighted by molar-refractivity contribution is 9.10. The lowest BCUT2D eigenvalue weighted by molar-refractivity contribution is 0.0952. The zero-order valence-electron chi connectivity index (χ0n) is 15.3. The number of aromatic nitrogens is 1. The third-order valence-electron chi connectivity index (χ3n) is 4.22. The standard InChI is InChI=1S/C20H22BrClN4O/c1-26(2)10-9-23-20(27)19-16-8-3-13(21)11-17(16)25-18(19)12-24-15-6-4-14(22)5-7-15/h3-8,11,24-25H,9-10,12H2,1-2H3,(H,23,27). The molecule has 0 atom stereocenters. The van der Waals surface area contributed by atoms with Gasteiger partial charge in [-0.15, -0.1) is 0 Å². The first-order valence-electron chi connectivity index (χ1n) is 8.66. The van der Waals surface area contributed by atoms with Crippen molar-refractivity contribution in [2.45, 2.75) is 6.54 Å². The average Bonchev–Trinajstić information content (AvgIpc) is 2.98. The highest BCUT2D eigenvalue weighted by Crippen LogP contribution is 2.26. The summed E-state index contributed by atoms with van der Waals surface area (Å²) in [6.07, 6.45) is 0. The van der Waals surface area contributed by atoms with Gasteiger partial charge in [-0.1, -0.05) is 33.6 Å². The number of halogens is 2. The predicted octanol–water partition coefficient (Wildman–Crippen LogP) is 4.49. The van der Waals surface area contributed by atoms with Crippen molar-refractivity contribution >= 4 is 50.0 Å². The molecule has 0 bridgehead atoms. The number of hydrogen-bond donors (Lipinski definition) is 3. The third-order valence-corrected chi connectivity index (χ3v) is 4.97. The van der Waals surface area contributed by atoms with Gasteiger partial charge in [0.05, 0.1) is 12.1 Å². The van der Waals surface area contributed by atoms with Crippen LogP contribution in [0.3, 0.4) is 0 Å². The minimum absolute atomic E-state index is 0.0710. The zero-order valence-corrected chi connectivity index (χ0v) is 17.6. The maximum Gasteiger partial charge on any atom is 0.253 e. The van der Waals surface area contributed by atoms with E-state index in [-0.39, 0.29) is 5.91 Å². The molecule has 27 heavy (non-hydrogen) atoms. The van der Waals surface area contributed by atoms with E-state index in [2.05, 4.69) is 31.5 Å². The SMILES string of the molecule is CN(C)CCNC(=O)c1c(CNc2ccc(Cl)cc2)[nH]c2cc(Br)ccc12. The molecule has 0 radical (unpaired) electrons. The topological polar surface area (TPSA) is 60.2 Å². The Labute approximate surface area is 172 Å². The van der Waals surface area contributed by atoms with Gasteiger partial charge in [0.1, 0.15) is 0 Å². The van der Waals surface area contributed by atoms with E-state index in [1.54, 1.807) is 0 Å². The van der Waals surface area contributed by atoms with E-state index < -0.39 is 0 Å². The average molecular weight is 450 g/mol. The van der Waals surface area contributed by atoms with E-state index >= 15 is 0 Å². The molecule has 0 saturated heterocycles. The summed E-state index contributed by atoms with van der Waals surface area (Å²) >= 11 is 9.43. The van der Waals surface area contributed by atoms with Crippen LogP contribution < -0.4 is 10.6 Å². The first-order valence-corrected chi connectivity index (χ1v) is 9.83. The Morgan fingerprint density at radius 1 is 1.19 bits per heavy atom. The van der Waals surface area contributed by atoms with Crippen molar-refractivity contribution in [2.75, 3.05) is 32.5 Å². The number of nitrogens with one attached hydrogen (secondary N) is 3. The Kier molecular flexibility index (Phi) is 6.42. The molecule has 0 saturated carbocycles. The second kappa shape index (κ2) is 8.78. The van der Waals surface area contributed by atoms with Crippen LogP contribution in [0.5, 0.6) is 0 Å². The smallest absolute Gasteiger partial charge is 0.253 e. The van der Waals surface area contributed by atoms with Gasteiger partial charge in [0.2, 0.25) is 0 Å². The van der Waals surface area contributed by atoms with E-state index in [4.69, 9.17) is 11.6 Å². The Morgan fingerprint density at radius 3 is 2.63 bits per heavy atom. The summed E-state index contributed by atoms with van der Waals surface area (Å²) in [4.78, 5) is 18.3. The minimum atomic E-state index is -0.0710. The van der Waals surface area contributed by atoms with Crippen LogP contribution in [-0.4, -0.2) is 43.0 Å². The van der Waals surface area contributed by atoms with Crippen LogP contribution in [0.4, 0.5) is 5.69 Å². The first kappa shape index (κ1) is 19.7. The quantitative estimate of drug-likeness (QED) is 0.498. The number of benzene rings is 2. The molecule has 2 aromatic carbocycles. The number of hydrogen-bond acceptors (Lipinski definition) is 3. The molecule has 1 heterocycles. The summed E-state index contributed by atoms with van der Waals surface area (Å²) in [7, 11) is 3.97. The Bertz CT molecular complexity index is 937. The number of anilines is 1. The fraction of sp³-hybridized carbons (Fsp3) is 0.250. The molecule has 0 aliphatic carbocycles. The molecule has 7 heteroatoms. The maximum absolute atomic E-state index is 12.9. The van der Waals surface area contributed by atoms with Crippen molar-refractivity contribution in [1.29, 1.82) is 0 Å². The molecule has 0 fully saturated rings. The largest absolute Gasteiger partial charge is 0.379 e. The van der Waals surface area contributed by atoms with Gasteiger partial charge in [-0.05, 0) is 50.5 Å². The number of rotatable bonds is 7. The number of H-pyrrole nitrogens is 1. The van der Waals surface area contributed by atoms with Crippen LogP contribution in [0.15, 0.2) is 46.9 Å². The summed E-state index contributed by atoms with van der Waals surface area (Å²) < 4.78 is 0.966. The number of carbonyl (C=O) groups is 1. The normalized spacial score (nSPS) is 11.1. The summed E-state index contributed by atoms with van der Waals surface area (Å²) in [5.41, 5.74) is 3.39. The predicted molar refractivity (Wildman–Crippen MR) is 116 cm³/mol. The summed E-state index contributed by atoms with van der Waals surface area (Å²) in [5.74, 6) is -0.0710. The maximum atomic E-state index is 12.9. The van der Waals surface area contributed by atoms with Crippen molar-refractivity contribution in [1.82, 2.24) is 15.2 Å². The van der Waals surface area contributed by atoms with E-state index in [0.29, 0.717) is 23.7 Å². The van der Waals surface area contributed by atoms with Crippen molar-refractivity contribution in [3.63, 3.8) is 0 Å². The molecule has 3 aromatic rings. The number of likely N-dealkylation sites (N-methyl/N-ethyl adjacent to an activating group) is 1. The molecule has 0 spiro atoms. The third kappa shape index (κ3) is 5.03. The summed E-state index contributed by atoms with van der Waals surface area (Å²) in [5, 5.41) is 7.96. The van der Waals surface area contributed by atoms with Gasteiger partial charge in [-0.2, -0.15) is 0 Å². The summed E-state index contributed by atoms with van der Waals surface area (Å²) in [6.45, 7) is 1.89. The number of amides is 1. The number of fused-ring (bicyclic) bond motifs is 1. The van der Waals surface area contributed by atoms with Gasteiger partial charge in [-0.25, -0.2) is 0 Å². The Balaban J connectivity index is 1.85. The van der Waals surface area contributed by atoms with Crippen molar-refractivity contribution in [2.24, 2.45) is 0 Å². The van der Waals surface area contributed by atoms with Crippen LogP contribution in [0.25, 0.3) is 10.9 Å². The Hall–Kier alpha value is -2.02. The fourth-order valence-corrected chi connectivity index (χ4v) is 3.34. The molecule has 142 valence electrons. The zero-order chi connectivity index (χ0) is 19.4. The first-order chi connectivity index (χ1) is 12.9. The van der Waals surface area contributed by atoms with Crippen LogP contribution in [0.2, 0.25) is 5.02 Å². The van der Waals surface area contributed by atoms with E-state index in [1.807, 2.05) is 61.5 Å². The van der Waals surface area contributed by atoms with Crippen LogP contribution in [0, 0.1) is 0 Å². The molecule has 1 aromatic heterocycles. The second-order valence-electron chi connectivity index (χ2n) is 6.59. The summed E-state index contributed by atoms with van der Waals surface area (Å²) in [6, 6.07) is 13.4. The van der Waals surface area contributed by atoms with Gasteiger partial charge in [0.15, 0.2) is 0 Å². The number of aromatic amines is 1.